The number of aryl methyl sites for hydroxylation is 1. The van der Waals surface area contributed by atoms with E-state index in [0.29, 0.717) is 30.5 Å². The number of carbonyl (C=O) groups is 1. The van der Waals surface area contributed by atoms with Crippen molar-refractivity contribution in [2.75, 3.05) is 4.90 Å². The molecule has 5 heteroatoms. The number of Topliss-reactive ketones (excluding diaryl/α,β-unsaturated/α-hetero) is 1. The van der Waals surface area contributed by atoms with Crippen LogP contribution in [0.5, 0.6) is 0 Å². The predicted octanol–water partition coefficient (Wildman–Crippen LogP) is 5.12. The lowest BCUT2D eigenvalue weighted by atomic mass is 9.71. The minimum absolute atomic E-state index is 0.00935. The maximum atomic E-state index is 14.6. The van der Waals surface area contributed by atoms with Gasteiger partial charge >= 0.3 is 0 Å². The van der Waals surface area contributed by atoms with E-state index in [0.717, 1.165) is 12.0 Å². The molecule has 1 aliphatic heterocycles. The van der Waals surface area contributed by atoms with Gasteiger partial charge in [-0.1, -0.05) is 43.3 Å². The highest BCUT2D eigenvalue weighted by Crippen LogP contribution is 2.46. The summed E-state index contributed by atoms with van der Waals surface area (Å²) in [7, 11) is 0. The first-order valence-corrected chi connectivity index (χ1v) is 9.94. The van der Waals surface area contributed by atoms with Gasteiger partial charge in [-0.25, -0.2) is 4.39 Å². The molecule has 2 atom stereocenters. The molecule has 0 radical (unpaired) electrons. The molecular formula is C24H22FN3O. The number of nitriles is 1. The summed E-state index contributed by atoms with van der Waals surface area (Å²) in [5.41, 5.74) is 3.47. The Morgan fingerprint density at radius 3 is 2.55 bits per heavy atom. The number of ketones is 1. The van der Waals surface area contributed by atoms with Crippen LogP contribution in [-0.2, 0) is 11.2 Å². The standard InChI is InChI=1S/C24H22FN3O/c1-2-15-10-12-16(13-11-15)22-17(14-26)24(27)28(19-7-4-3-6-18(19)25)20-8-5-9-21(29)23(20)22/h3-4,6-7,10-13,17,22,27H,2,5,8-9H2,1H3. The Labute approximate surface area is 169 Å². The second-order valence-corrected chi connectivity index (χ2v) is 7.49. The lowest BCUT2D eigenvalue weighted by molar-refractivity contribution is -0.116. The van der Waals surface area contributed by atoms with Crippen molar-refractivity contribution in [1.82, 2.24) is 0 Å². The number of carbonyl (C=O) groups excluding carboxylic acids is 1. The van der Waals surface area contributed by atoms with E-state index in [2.05, 4.69) is 13.0 Å². The van der Waals surface area contributed by atoms with Gasteiger partial charge in [0, 0.05) is 23.6 Å². The third-order valence-corrected chi connectivity index (χ3v) is 5.86. The minimum atomic E-state index is -0.858. The van der Waals surface area contributed by atoms with Gasteiger partial charge in [-0.05, 0) is 42.5 Å². The fourth-order valence-corrected chi connectivity index (χ4v) is 4.40. The summed E-state index contributed by atoms with van der Waals surface area (Å²) in [4.78, 5) is 14.5. The monoisotopic (exact) mass is 387 g/mol. The molecule has 0 saturated carbocycles. The van der Waals surface area contributed by atoms with E-state index in [1.807, 2.05) is 24.3 Å². The van der Waals surface area contributed by atoms with E-state index in [1.54, 1.807) is 18.2 Å². The topological polar surface area (TPSA) is 68.0 Å². The van der Waals surface area contributed by atoms with Crippen LogP contribution in [0, 0.1) is 28.5 Å². The molecule has 1 aliphatic carbocycles. The van der Waals surface area contributed by atoms with Gasteiger partial charge in [0.25, 0.3) is 0 Å². The normalized spacial score (nSPS) is 21.8. The van der Waals surface area contributed by atoms with Crippen LogP contribution < -0.4 is 4.90 Å². The van der Waals surface area contributed by atoms with E-state index in [4.69, 9.17) is 5.41 Å². The summed E-state index contributed by atoms with van der Waals surface area (Å²) >= 11 is 0. The van der Waals surface area contributed by atoms with Crippen LogP contribution >= 0.6 is 0 Å². The molecule has 2 aromatic rings. The molecule has 0 bridgehead atoms. The number of nitrogens with one attached hydrogen (secondary N) is 1. The Morgan fingerprint density at radius 1 is 1.17 bits per heavy atom. The number of benzene rings is 2. The first kappa shape index (κ1) is 19.1. The number of hydrogen-bond donors (Lipinski definition) is 1. The van der Waals surface area contributed by atoms with E-state index >= 15 is 0 Å². The summed E-state index contributed by atoms with van der Waals surface area (Å²) in [6.07, 6.45) is 2.56. The molecule has 0 fully saturated rings. The molecule has 1 heterocycles. The average molecular weight is 387 g/mol. The first-order valence-electron chi connectivity index (χ1n) is 9.94. The highest BCUT2D eigenvalue weighted by atomic mass is 19.1. The van der Waals surface area contributed by atoms with Gasteiger partial charge in [-0.2, -0.15) is 5.26 Å². The molecule has 29 heavy (non-hydrogen) atoms. The fraction of sp³-hybridized carbons (Fsp3) is 0.292. The molecule has 0 amide bonds. The zero-order chi connectivity index (χ0) is 20.5. The molecule has 1 N–H and O–H groups in total. The van der Waals surface area contributed by atoms with Crippen LogP contribution in [0.1, 0.15) is 43.2 Å². The van der Waals surface area contributed by atoms with Crippen LogP contribution in [0.4, 0.5) is 10.1 Å². The van der Waals surface area contributed by atoms with Crippen molar-refractivity contribution in [3.05, 3.63) is 76.7 Å². The Kier molecular flexibility index (Phi) is 5.02. The van der Waals surface area contributed by atoms with Crippen molar-refractivity contribution >= 4 is 17.3 Å². The van der Waals surface area contributed by atoms with Gasteiger partial charge in [-0.3, -0.25) is 15.1 Å². The van der Waals surface area contributed by atoms with Crippen molar-refractivity contribution in [3.8, 4) is 6.07 Å². The van der Waals surface area contributed by atoms with Gasteiger partial charge in [-0.15, -0.1) is 0 Å². The summed E-state index contributed by atoms with van der Waals surface area (Å²) in [5.74, 6) is -1.81. The summed E-state index contributed by atoms with van der Waals surface area (Å²) in [6.45, 7) is 2.07. The van der Waals surface area contributed by atoms with Crippen LogP contribution in [0.2, 0.25) is 0 Å². The number of anilines is 1. The third kappa shape index (κ3) is 3.15. The van der Waals surface area contributed by atoms with Crippen molar-refractivity contribution in [2.45, 2.75) is 38.5 Å². The van der Waals surface area contributed by atoms with Crippen molar-refractivity contribution < 1.29 is 9.18 Å². The average Bonchev–Trinajstić information content (AvgIpc) is 2.74. The second-order valence-electron chi connectivity index (χ2n) is 7.49. The second kappa shape index (κ2) is 7.63. The van der Waals surface area contributed by atoms with Crippen LogP contribution in [-0.4, -0.2) is 11.6 Å². The first-order chi connectivity index (χ1) is 14.1. The zero-order valence-corrected chi connectivity index (χ0v) is 16.3. The van der Waals surface area contributed by atoms with Gasteiger partial charge in [0.1, 0.15) is 17.6 Å². The molecule has 4 rings (SSSR count). The number of para-hydroxylation sites is 1. The van der Waals surface area contributed by atoms with E-state index in [1.165, 1.54) is 16.5 Å². The van der Waals surface area contributed by atoms with Gasteiger partial charge < -0.3 is 0 Å². The van der Waals surface area contributed by atoms with Crippen molar-refractivity contribution in [3.63, 3.8) is 0 Å². The Balaban J connectivity index is 1.94. The van der Waals surface area contributed by atoms with Crippen LogP contribution in [0.25, 0.3) is 0 Å². The molecule has 0 aromatic heterocycles. The maximum Gasteiger partial charge on any atom is 0.161 e. The number of halogens is 1. The molecule has 0 spiro atoms. The van der Waals surface area contributed by atoms with Crippen molar-refractivity contribution in [1.29, 1.82) is 10.7 Å². The predicted molar refractivity (Wildman–Crippen MR) is 110 cm³/mol. The number of amidine groups is 1. The molecule has 0 saturated heterocycles. The molecule has 2 aliphatic rings. The van der Waals surface area contributed by atoms with E-state index < -0.39 is 17.7 Å². The summed E-state index contributed by atoms with van der Waals surface area (Å²) in [6, 6.07) is 16.4. The summed E-state index contributed by atoms with van der Waals surface area (Å²) in [5, 5.41) is 18.7. The Morgan fingerprint density at radius 2 is 1.90 bits per heavy atom. The van der Waals surface area contributed by atoms with Gasteiger partial charge in [0.15, 0.2) is 5.78 Å². The number of hydrogen-bond acceptors (Lipinski definition) is 3. The van der Waals surface area contributed by atoms with Crippen LogP contribution in [0.15, 0.2) is 59.8 Å². The molecule has 4 nitrogen and oxygen atoms in total. The van der Waals surface area contributed by atoms with E-state index in [9.17, 15) is 14.4 Å². The largest absolute Gasteiger partial charge is 0.298 e. The third-order valence-electron chi connectivity index (χ3n) is 5.86. The Hall–Kier alpha value is -3.26. The lowest BCUT2D eigenvalue weighted by Gasteiger charge is -2.42. The summed E-state index contributed by atoms with van der Waals surface area (Å²) < 4.78 is 14.6. The van der Waals surface area contributed by atoms with Crippen LogP contribution in [0.3, 0.4) is 0 Å². The number of nitrogens with zero attached hydrogens (tertiary/aromatic N) is 2. The molecule has 2 aromatic carbocycles. The molecule has 2 unspecified atom stereocenters. The number of allylic oxidation sites excluding steroid dienone is 2. The quantitative estimate of drug-likeness (QED) is 0.795. The van der Waals surface area contributed by atoms with Crippen molar-refractivity contribution in [2.24, 2.45) is 5.92 Å². The van der Waals surface area contributed by atoms with E-state index in [-0.39, 0.29) is 17.3 Å². The lowest BCUT2D eigenvalue weighted by Crippen LogP contribution is -2.46. The number of rotatable bonds is 3. The maximum absolute atomic E-state index is 14.6. The molecular weight excluding hydrogens is 365 g/mol. The smallest absolute Gasteiger partial charge is 0.161 e. The Bertz CT molecular complexity index is 1050. The highest BCUT2D eigenvalue weighted by Gasteiger charge is 2.45. The minimum Gasteiger partial charge on any atom is -0.298 e. The fourth-order valence-electron chi connectivity index (χ4n) is 4.40. The molecule has 146 valence electrons. The SMILES string of the molecule is CCc1ccc(C2C3=C(CCCC3=O)N(c3ccccc3F)C(=N)C2C#N)cc1. The highest BCUT2D eigenvalue weighted by molar-refractivity contribution is 6.10. The van der Waals surface area contributed by atoms with Gasteiger partial charge in [0.05, 0.1) is 11.8 Å². The van der Waals surface area contributed by atoms with Gasteiger partial charge in [0.2, 0.25) is 0 Å². The zero-order valence-electron chi connectivity index (χ0n) is 16.3.